The molecule has 1 unspecified atom stereocenters. The van der Waals surface area contributed by atoms with Crippen LogP contribution in [0.5, 0.6) is 0 Å². The van der Waals surface area contributed by atoms with Gasteiger partial charge in [0.05, 0.1) is 18.7 Å². The van der Waals surface area contributed by atoms with Crippen molar-refractivity contribution in [1.29, 1.82) is 0 Å². The summed E-state index contributed by atoms with van der Waals surface area (Å²) < 4.78 is 4.39. The highest BCUT2D eigenvalue weighted by molar-refractivity contribution is 7.09. The van der Waals surface area contributed by atoms with E-state index in [0.717, 1.165) is 25.0 Å². The van der Waals surface area contributed by atoms with Gasteiger partial charge in [-0.1, -0.05) is 13.5 Å². The number of ether oxygens (including phenoxy) is 1. The Labute approximate surface area is 137 Å². The lowest BCUT2D eigenvalue weighted by Crippen LogP contribution is -2.49. The smallest absolute Gasteiger partial charge is 0.353 e. The third-order valence-corrected chi connectivity index (χ3v) is 3.67. The minimum atomic E-state index is -1.24. The Hall–Kier alpha value is -2.26. The molecule has 0 radical (unpaired) electrons. The summed E-state index contributed by atoms with van der Waals surface area (Å²) in [6.07, 6.45) is 1.67. The Balaban J connectivity index is 2.66. The molecule has 0 saturated carbocycles. The molecular formula is C14H19N3O5S. The van der Waals surface area contributed by atoms with Crippen LogP contribution < -0.4 is 10.6 Å². The highest BCUT2D eigenvalue weighted by Crippen LogP contribution is 2.11. The monoisotopic (exact) mass is 341 g/mol. The highest BCUT2D eigenvalue weighted by atomic mass is 32.1. The van der Waals surface area contributed by atoms with Crippen molar-refractivity contribution in [3.05, 3.63) is 28.4 Å². The van der Waals surface area contributed by atoms with Gasteiger partial charge in [-0.05, 0) is 12.8 Å². The molecule has 1 heterocycles. The van der Waals surface area contributed by atoms with E-state index in [9.17, 15) is 19.5 Å². The van der Waals surface area contributed by atoms with Crippen molar-refractivity contribution < 1.29 is 24.2 Å². The molecule has 0 spiro atoms. The summed E-state index contributed by atoms with van der Waals surface area (Å²) in [5, 5.41) is 16.2. The van der Waals surface area contributed by atoms with Crippen LogP contribution in [0.15, 0.2) is 17.7 Å². The standard InChI is InChI=1S/C14H19N3O5S/c1-4-5-11-16-10(7-23-11)13(20)17-9(6-18)12(19)15-8(2)14(21)22-3/h7,9,18H,2,4-6H2,1,3H3,(H,15,19)(H,17,20). The van der Waals surface area contributed by atoms with Crippen LogP contribution in [0, 0.1) is 0 Å². The van der Waals surface area contributed by atoms with Gasteiger partial charge in [0.15, 0.2) is 0 Å². The second kappa shape index (κ2) is 9.01. The summed E-state index contributed by atoms with van der Waals surface area (Å²) in [4.78, 5) is 39.3. The summed E-state index contributed by atoms with van der Waals surface area (Å²) >= 11 is 1.35. The van der Waals surface area contributed by atoms with Gasteiger partial charge in [0.1, 0.15) is 17.4 Å². The number of nitrogens with one attached hydrogen (secondary N) is 2. The van der Waals surface area contributed by atoms with Crippen molar-refractivity contribution in [2.75, 3.05) is 13.7 Å². The van der Waals surface area contributed by atoms with Crippen molar-refractivity contribution in [2.45, 2.75) is 25.8 Å². The number of aryl methyl sites for hydroxylation is 1. The van der Waals surface area contributed by atoms with Crippen LogP contribution >= 0.6 is 11.3 Å². The second-order valence-corrected chi connectivity index (χ2v) is 5.49. The molecule has 0 saturated heterocycles. The zero-order chi connectivity index (χ0) is 17.4. The first-order chi connectivity index (χ1) is 10.9. The number of aliphatic hydroxyl groups is 1. The number of carbonyl (C=O) groups excluding carboxylic acids is 3. The van der Waals surface area contributed by atoms with Gasteiger partial charge in [-0.15, -0.1) is 11.3 Å². The molecule has 3 N–H and O–H groups in total. The molecule has 1 rings (SSSR count). The second-order valence-electron chi connectivity index (χ2n) is 4.54. The fraction of sp³-hybridized carbons (Fsp3) is 0.429. The van der Waals surface area contributed by atoms with Gasteiger partial charge in [0.25, 0.3) is 5.91 Å². The van der Waals surface area contributed by atoms with E-state index in [-0.39, 0.29) is 11.4 Å². The first kappa shape index (κ1) is 18.8. The van der Waals surface area contributed by atoms with Crippen LogP contribution in [0.25, 0.3) is 0 Å². The molecule has 126 valence electrons. The summed E-state index contributed by atoms with van der Waals surface area (Å²) in [5.41, 5.74) is -0.111. The average molecular weight is 341 g/mol. The number of rotatable bonds is 8. The molecular weight excluding hydrogens is 322 g/mol. The van der Waals surface area contributed by atoms with E-state index in [4.69, 9.17) is 0 Å². The van der Waals surface area contributed by atoms with Crippen LogP contribution in [0.4, 0.5) is 0 Å². The summed E-state index contributed by atoms with van der Waals surface area (Å²) in [6, 6.07) is -1.24. The van der Waals surface area contributed by atoms with E-state index in [1.807, 2.05) is 6.92 Å². The normalized spacial score (nSPS) is 11.4. The van der Waals surface area contributed by atoms with Crippen LogP contribution in [-0.2, 0) is 20.7 Å². The fourth-order valence-electron chi connectivity index (χ4n) is 1.58. The Bertz CT molecular complexity index is 599. The van der Waals surface area contributed by atoms with Crippen LogP contribution in [-0.4, -0.2) is 47.6 Å². The first-order valence-corrected chi connectivity index (χ1v) is 7.75. The maximum absolute atomic E-state index is 12.0. The largest absolute Gasteiger partial charge is 0.464 e. The SMILES string of the molecule is C=C(NC(=O)C(CO)NC(=O)c1csc(CCC)n1)C(=O)OC. The molecule has 0 aliphatic carbocycles. The van der Waals surface area contributed by atoms with Crippen molar-refractivity contribution >= 4 is 29.1 Å². The molecule has 9 heteroatoms. The van der Waals surface area contributed by atoms with E-state index >= 15 is 0 Å². The quantitative estimate of drug-likeness (QED) is 0.452. The van der Waals surface area contributed by atoms with Crippen LogP contribution in [0.3, 0.4) is 0 Å². The number of hydrogen-bond acceptors (Lipinski definition) is 7. The number of carbonyl (C=O) groups is 3. The average Bonchev–Trinajstić information content (AvgIpc) is 3.00. The van der Waals surface area contributed by atoms with Crippen molar-refractivity contribution in [3.8, 4) is 0 Å². The molecule has 1 aromatic heterocycles. The molecule has 0 aliphatic rings. The lowest BCUT2D eigenvalue weighted by atomic mass is 10.2. The first-order valence-electron chi connectivity index (χ1n) is 6.87. The predicted molar refractivity (Wildman–Crippen MR) is 83.7 cm³/mol. The highest BCUT2D eigenvalue weighted by Gasteiger charge is 2.23. The minimum absolute atomic E-state index is 0.177. The number of thiazole rings is 1. The fourth-order valence-corrected chi connectivity index (χ4v) is 2.46. The van der Waals surface area contributed by atoms with E-state index < -0.39 is 30.4 Å². The third kappa shape index (κ3) is 5.46. The molecule has 23 heavy (non-hydrogen) atoms. The van der Waals surface area contributed by atoms with Crippen molar-refractivity contribution in [2.24, 2.45) is 0 Å². The number of esters is 1. The number of hydrogen-bond donors (Lipinski definition) is 3. The number of nitrogens with zero attached hydrogens (tertiary/aromatic N) is 1. The maximum atomic E-state index is 12.0. The van der Waals surface area contributed by atoms with Crippen molar-refractivity contribution in [3.63, 3.8) is 0 Å². The number of amides is 2. The molecule has 0 bridgehead atoms. The molecule has 1 aromatic rings. The maximum Gasteiger partial charge on any atom is 0.353 e. The van der Waals surface area contributed by atoms with Gasteiger partial charge in [0.2, 0.25) is 5.91 Å². The van der Waals surface area contributed by atoms with Gasteiger partial charge < -0.3 is 20.5 Å². The van der Waals surface area contributed by atoms with Gasteiger partial charge in [-0.2, -0.15) is 0 Å². The van der Waals surface area contributed by atoms with Crippen molar-refractivity contribution in [1.82, 2.24) is 15.6 Å². The van der Waals surface area contributed by atoms with E-state index in [1.54, 1.807) is 5.38 Å². The Morgan fingerprint density at radius 3 is 2.74 bits per heavy atom. The van der Waals surface area contributed by atoms with Gasteiger partial charge >= 0.3 is 5.97 Å². The Morgan fingerprint density at radius 1 is 1.48 bits per heavy atom. The number of methoxy groups -OCH3 is 1. The molecule has 0 aromatic carbocycles. The summed E-state index contributed by atoms with van der Waals surface area (Å²) in [7, 11) is 1.14. The summed E-state index contributed by atoms with van der Waals surface area (Å²) in [5.74, 6) is -2.17. The zero-order valence-electron chi connectivity index (χ0n) is 12.9. The molecule has 2 amide bonds. The number of aromatic nitrogens is 1. The Kier molecular flexibility index (Phi) is 7.36. The minimum Gasteiger partial charge on any atom is -0.464 e. The predicted octanol–water partition coefficient (Wildman–Crippen LogP) is -0.0108. The Morgan fingerprint density at radius 2 is 2.17 bits per heavy atom. The van der Waals surface area contributed by atoms with Gasteiger partial charge in [-0.25, -0.2) is 9.78 Å². The molecule has 1 atom stereocenters. The molecule has 0 aliphatic heterocycles. The lowest BCUT2D eigenvalue weighted by molar-refractivity contribution is -0.138. The summed E-state index contributed by atoms with van der Waals surface area (Å²) in [6.45, 7) is 4.69. The molecule has 8 nitrogen and oxygen atoms in total. The third-order valence-electron chi connectivity index (χ3n) is 2.76. The zero-order valence-corrected chi connectivity index (χ0v) is 13.7. The van der Waals surface area contributed by atoms with Gasteiger partial charge in [-0.3, -0.25) is 9.59 Å². The topological polar surface area (TPSA) is 118 Å². The van der Waals surface area contributed by atoms with E-state index in [1.165, 1.54) is 11.3 Å². The number of aliphatic hydroxyl groups excluding tert-OH is 1. The van der Waals surface area contributed by atoms with Crippen LogP contribution in [0.1, 0.15) is 28.8 Å². The molecule has 0 fully saturated rings. The van der Waals surface area contributed by atoms with E-state index in [0.29, 0.717) is 0 Å². The van der Waals surface area contributed by atoms with Gasteiger partial charge in [0, 0.05) is 5.38 Å². The van der Waals surface area contributed by atoms with Crippen LogP contribution in [0.2, 0.25) is 0 Å². The van der Waals surface area contributed by atoms with E-state index in [2.05, 4.69) is 26.9 Å². The lowest BCUT2D eigenvalue weighted by Gasteiger charge is -2.15.